The number of hydrogen-bond acceptors (Lipinski definition) is 4. The highest BCUT2D eigenvalue weighted by Crippen LogP contribution is 2.28. The molecular weight excluding hydrogens is 308 g/mol. The van der Waals surface area contributed by atoms with E-state index in [2.05, 4.69) is 41.1 Å². The molecule has 1 atom stereocenters. The maximum atomic E-state index is 11.8. The summed E-state index contributed by atoms with van der Waals surface area (Å²) in [5.74, 6) is 0. The Labute approximate surface area is 138 Å². The SMILES string of the molecule is CN1CCN(c2cccc(S(C)(=O)=O)c2)CC1c1ccccc1. The van der Waals surface area contributed by atoms with Crippen LogP contribution >= 0.6 is 0 Å². The van der Waals surface area contributed by atoms with E-state index in [-0.39, 0.29) is 0 Å². The standard InChI is InChI=1S/C18H22N2O2S/c1-19-11-12-20(14-18(19)15-7-4-3-5-8-15)16-9-6-10-17(13-16)23(2,21)22/h3-10,13,18H,11-12,14H2,1-2H3. The van der Waals surface area contributed by atoms with Gasteiger partial charge in [-0.05, 0) is 30.8 Å². The summed E-state index contributed by atoms with van der Waals surface area (Å²) in [5.41, 5.74) is 2.26. The predicted octanol–water partition coefficient (Wildman–Crippen LogP) is 2.58. The van der Waals surface area contributed by atoms with Crippen molar-refractivity contribution >= 4 is 15.5 Å². The van der Waals surface area contributed by atoms with E-state index in [9.17, 15) is 8.42 Å². The fourth-order valence-electron chi connectivity index (χ4n) is 3.05. The van der Waals surface area contributed by atoms with E-state index in [1.54, 1.807) is 12.1 Å². The quantitative estimate of drug-likeness (QED) is 0.867. The van der Waals surface area contributed by atoms with Gasteiger partial charge in [-0.25, -0.2) is 8.42 Å². The van der Waals surface area contributed by atoms with Crippen LogP contribution in [0.25, 0.3) is 0 Å². The van der Waals surface area contributed by atoms with Crippen LogP contribution in [0.4, 0.5) is 5.69 Å². The number of benzene rings is 2. The van der Waals surface area contributed by atoms with Crippen molar-refractivity contribution in [3.05, 3.63) is 60.2 Å². The van der Waals surface area contributed by atoms with Gasteiger partial charge in [-0.3, -0.25) is 4.90 Å². The van der Waals surface area contributed by atoms with Gasteiger partial charge in [0.1, 0.15) is 0 Å². The van der Waals surface area contributed by atoms with Crippen LogP contribution in [0.1, 0.15) is 11.6 Å². The molecule has 1 fully saturated rings. The first-order valence-corrected chi connectivity index (χ1v) is 9.64. The van der Waals surface area contributed by atoms with Crippen LogP contribution < -0.4 is 4.90 Å². The molecule has 0 aromatic heterocycles. The van der Waals surface area contributed by atoms with Crippen LogP contribution in [0.5, 0.6) is 0 Å². The van der Waals surface area contributed by atoms with Gasteiger partial charge in [0, 0.05) is 31.6 Å². The van der Waals surface area contributed by atoms with Crippen molar-refractivity contribution in [1.29, 1.82) is 0 Å². The first-order valence-electron chi connectivity index (χ1n) is 7.75. The van der Waals surface area contributed by atoms with Gasteiger partial charge in [-0.2, -0.15) is 0 Å². The molecular formula is C18H22N2O2S. The van der Waals surface area contributed by atoms with Crippen molar-refractivity contribution in [3.63, 3.8) is 0 Å². The van der Waals surface area contributed by atoms with Gasteiger partial charge < -0.3 is 4.90 Å². The monoisotopic (exact) mass is 330 g/mol. The van der Waals surface area contributed by atoms with Crippen molar-refractivity contribution in [3.8, 4) is 0 Å². The van der Waals surface area contributed by atoms with Gasteiger partial charge in [0.25, 0.3) is 0 Å². The van der Waals surface area contributed by atoms with Crippen LogP contribution in [-0.2, 0) is 9.84 Å². The summed E-state index contributed by atoms with van der Waals surface area (Å²) >= 11 is 0. The maximum Gasteiger partial charge on any atom is 0.175 e. The molecule has 2 aromatic carbocycles. The van der Waals surface area contributed by atoms with E-state index in [0.29, 0.717) is 10.9 Å². The molecule has 1 aliphatic rings. The van der Waals surface area contributed by atoms with Crippen molar-refractivity contribution < 1.29 is 8.42 Å². The second kappa shape index (κ2) is 6.34. The van der Waals surface area contributed by atoms with Gasteiger partial charge in [-0.1, -0.05) is 36.4 Å². The molecule has 4 nitrogen and oxygen atoms in total. The first kappa shape index (κ1) is 16.0. The maximum absolute atomic E-state index is 11.8. The number of piperazine rings is 1. The molecule has 0 aliphatic carbocycles. The molecule has 3 rings (SSSR count). The zero-order chi connectivity index (χ0) is 16.4. The number of hydrogen-bond donors (Lipinski definition) is 0. The minimum absolute atomic E-state index is 0.312. The lowest BCUT2D eigenvalue weighted by atomic mass is 10.0. The first-order chi connectivity index (χ1) is 10.9. The normalized spacial score (nSPS) is 19.7. The van der Waals surface area contributed by atoms with Crippen LogP contribution in [-0.4, -0.2) is 46.3 Å². The molecule has 122 valence electrons. The van der Waals surface area contributed by atoms with Crippen molar-refractivity contribution in [2.75, 3.05) is 37.8 Å². The topological polar surface area (TPSA) is 40.6 Å². The second-order valence-electron chi connectivity index (χ2n) is 6.12. The van der Waals surface area contributed by atoms with E-state index in [1.165, 1.54) is 11.8 Å². The summed E-state index contributed by atoms with van der Waals surface area (Å²) in [4.78, 5) is 5.00. The van der Waals surface area contributed by atoms with E-state index in [0.717, 1.165) is 25.3 Å². The Hall–Kier alpha value is -1.85. The summed E-state index contributed by atoms with van der Waals surface area (Å²) in [6.07, 6.45) is 1.25. The highest BCUT2D eigenvalue weighted by Gasteiger charge is 2.26. The molecule has 1 aliphatic heterocycles. The molecule has 1 unspecified atom stereocenters. The average Bonchev–Trinajstić information content (AvgIpc) is 2.55. The molecule has 1 saturated heterocycles. The number of sulfone groups is 1. The molecule has 0 radical (unpaired) electrons. The molecule has 23 heavy (non-hydrogen) atoms. The summed E-state index contributed by atoms with van der Waals surface area (Å²) in [7, 11) is -1.04. The summed E-state index contributed by atoms with van der Waals surface area (Å²) < 4.78 is 23.6. The molecule has 0 N–H and O–H groups in total. The molecule has 2 aromatic rings. The molecule has 1 heterocycles. The highest BCUT2D eigenvalue weighted by molar-refractivity contribution is 7.90. The Balaban J connectivity index is 1.87. The molecule has 5 heteroatoms. The molecule has 0 amide bonds. The Morgan fingerprint density at radius 3 is 2.43 bits per heavy atom. The van der Waals surface area contributed by atoms with Gasteiger partial charge >= 0.3 is 0 Å². The van der Waals surface area contributed by atoms with Crippen LogP contribution in [0, 0.1) is 0 Å². The minimum Gasteiger partial charge on any atom is -0.368 e. The van der Waals surface area contributed by atoms with Crippen molar-refractivity contribution in [2.45, 2.75) is 10.9 Å². The molecule has 0 spiro atoms. The number of nitrogens with zero attached hydrogens (tertiary/aromatic N) is 2. The third-order valence-corrected chi connectivity index (χ3v) is 5.55. The van der Waals surface area contributed by atoms with Crippen molar-refractivity contribution in [1.82, 2.24) is 4.90 Å². The van der Waals surface area contributed by atoms with Gasteiger partial charge in [0.2, 0.25) is 0 Å². The fraction of sp³-hybridized carbons (Fsp3) is 0.333. The average molecular weight is 330 g/mol. The smallest absolute Gasteiger partial charge is 0.175 e. The number of likely N-dealkylation sites (N-methyl/N-ethyl adjacent to an activating group) is 1. The minimum atomic E-state index is -3.18. The van der Waals surface area contributed by atoms with Gasteiger partial charge in [0.05, 0.1) is 10.9 Å². The summed E-state index contributed by atoms with van der Waals surface area (Å²) in [5, 5.41) is 0. The lowest BCUT2D eigenvalue weighted by Gasteiger charge is -2.41. The predicted molar refractivity (Wildman–Crippen MR) is 93.6 cm³/mol. The third-order valence-electron chi connectivity index (χ3n) is 4.44. The fourth-order valence-corrected chi connectivity index (χ4v) is 3.71. The summed E-state index contributed by atoms with van der Waals surface area (Å²) in [6, 6.07) is 18.0. The van der Waals surface area contributed by atoms with Crippen molar-refractivity contribution in [2.24, 2.45) is 0 Å². The zero-order valence-corrected chi connectivity index (χ0v) is 14.3. The Morgan fingerprint density at radius 2 is 1.74 bits per heavy atom. The second-order valence-corrected chi connectivity index (χ2v) is 8.14. The van der Waals surface area contributed by atoms with Crippen LogP contribution in [0.3, 0.4) is 0 Å². The summed E-state index contributed by atoms with van der Waals surface area (Å²) in [6.45, 7) is 2.70. The lowest BCUT2D eigenvalue weighted by Crippen LogP contribution is -2.46. The van der Waals surface area contributed by atoms with E-state index >= 15 is 0 Å². The van der Waals surface area contributed by atoms with E-state index in [1.807, 2.05) is 18.2 Å². The van der Waals surface area contributed by atoms with Gasteiger partial charge in [-0.15, -0.1) is 0 Å². The molecule has 0 bridgehead atoms. The number of anilines is 1. The lowest BCUT2D eigenvalue weighted by molar-refractivity contribution is 0.221. The van der Waals surface area contributed by atoms with E-state index in [4.69, 9.17) is 0 Å². The Kier molecular flexibility index (Phi) is 4.41. The Bertz CT molecular complexity index is 775. The van der Waals surface area contributed by atoms with Crippen LogP contribution in [0.2, 0.25) is 0 Å². The largest absolute Gasteiger partial charge is 0.368 e. The van der Waals surface area contributed by atoms with E-state index < -0.39 is 9.84 Å². The number of rotatable bonds is 3. The highest BCUT2D eigenvalue weighted by atomic mass is 32.2. The van der Waals surface area contributed by atoms with Crippen LogP contribution in [0.15, 0.2) is 59.5 Å². The third kappa shape index (κ3) is 3.57. The Morgan fingerprint density at radius 1 is 1.00 bits per heavy atom. The molecule has 0 saturated carbocycles. The van der Waals surface area contributed by atoms with Gasteiger partial charge in [0.15, 0.2) is 9.84 Å². The zero-order valence-electron chi connectivity index (χ0n) is 13.5.